The summed E-state index contributed by atoms with van der Waals surface area (Å²) in [6.07, 6.45) is 0. The predicted molar refractivity (Wildman–Crippen MR) is 79.1 cm³/mol. The van der Waals surface area contributed by atoms with E-state index in [1.165, 1.54) is 19.1 Å². The number of halogens is 2. The summed E-state index contributed by atoms with van der Waals surface area (Å²) in [6, 6.07) is 3.67. The van der Waals surface area contributed by atoms with Crippen LogP contribution in [-0.2, 0) is 14.8 Å². The molecule has 7 nitrogen and oxygen atoms in total. The zero-order valence-electron chi connectivity index (χ0n) is 10.4. The largest absolute Gasteiger partial charge is 0.301 e. The second-order valence-corrected chi connectivity index (χ2v) is 7.48. The van der Waals surface area contributed by atoms with Crippen LogP contribution in [0.2, 0.25) is 0 Å². The molecule has 2 N–H and O–H groups in total. The molecule has 1 aromatic carbocycles. The predicted octanol–water partition coefficient (Wildman–Crippen LogP) is 2.20. The van der Waals surface area contributed by atoms with Gasteiger partial charge in [-0.3, -0.25) is 9.52 Å². The Morgan fingerprint density at radius 1 is 1.38 bits per heavy atom. The third-order valence-corrected chi connectivity index (χ3v) is 5.29. The molecule has 0 unspecified atom stereocenters. The maximum absolute atomic E-state index is 13.1. The van der Waals surface area contributed by atoms with Crippen molar-refractivity contribution in [1.82, 2.24) is 10.2 Å². The molecule has 112 valence electrons. The minimum absolute atomic E-state index is 0.0724. The lowest BCUT2D eigenvalue weighted by atomic mass is 10.3. The summed E-state index contributed by atoms with van der Waals surface area (Å²) in [7, 11) is -3.96. The van der Waals surface area contributed by atoms with Crippen molar-refractivity contribution in [3.8, 4) is 0 Å². The fourth-order valence-corrected chi connectivity index (χ4v) is 3.65. The lowest BCUT2D eigenvalue weighted by Gasteiger charge is -2.05. The van der Waals surface area contributed by atoms with Gasteiger partial charge in [0.25, 0.3) is 14.4 Å². The topological polar surface area (TPSA) is 101 Å². The number of nitrogens with zero attached hydrogens (tertiary/aromatic N) is 2. The Hall–Kier alpha value is -1.59. The Morgan fingerprint density at radius 3 is 2.71 bits per heavy atom. The van der Waals surface area contributed by atoms with Gasteiger partial charge < -0.3 is 5.32 Å². The number of anilines is 2. The molecule has 0 atom stereocenters. The third-order valence-electron chi connectivity index (χ3n) is 2.09. The summed E-state index contributed by atoms with van der Waals surface area (Å²) in [5.41, 5.74) is 0.166. The quantitative estimate of drug-likeness (QED) is 0.773. The zero-order chi connectivity index (χ0) is 15.6. The van der Waals surface area contributed by atoms with Gasteiger partial charge in [0, 0.05) is 6.92 Å². The van der Waals surface area contributed by atoms with E-state index in [9.17, 15) is 17.6 Å². The Kier molecular flexibility index (Phi) is 4.54. The van der Waals surface area contributed by atoms with Gasteiger partial charge in [0.2, 0.25) is 11.0 Å². The molecular weight excluding hydrogens is 387 g/mol. The lowest BCUT2D eigenvalue weighted by Crippen LogP contribution is -2.12. The van der Waals surface area contributed by atoms with Crippen LogP contribution < -0.4 is 10.0 Å². The van der Waals surface area contributed by atoms with Crippen molar-refractivity contribution in [3.05, 3.63) is 28.5 Å². The summed E-state index contributed by atoms with van der Waals surface area (Å²) < 4.78 is 39.3. The molecule has 11 heteroatoms. The van der Waals surface area contributed by atoms with E-state index < -0.39 is 15.8 Å². The minimum atomic E-state index is -3.96. The average molecular weight is 395 g/mol. The maximum atomic E-state index is 13.1. The fourth-order valence-electron chi connectivity index (χ4n) is 1.28. The highest BCUT2D eigenvalue weighted by molar-refractivity contribution is 9.10. The van der Waals surface area contributed by atoms with Crippen molar-refractivity contribution in [2.45, 2.75) is 11.3 Å². The first-order chi connectivity index (χ1) is 9.78. The fraction of sp³-hybridized carbons (Fsp3) is 0.100. The summed E-state index contributed by atoms with van der Waals surface area (Å²) in [5.74, 6) is -0.896. The van der Waals surface area contributed by atoms with Crippen LogP contribution in [0, 0.1) is 5.82 Å². The molecule has 2 rings (SSSR count). The molecule has 0 fully saturated rings. The molecule has 0 radical (unpaired) electrons. The van der Waals surface area contributed by atoms with Gasteiger partial charge in [-0.05, 0) is 34.1 Å². The van der Waals surface area contributed by atoms with Gasteiger partial charge in [-0.15, -0.1) is 10.2 Å². The number of nitrogens with one attached hydrogen (secondary N) is 2. The maximum Gasteiger partial charge on any atom is 0.291 e. The van der Waals surface area contributed by atoms with Crippen LogP contribution in [0.3, 0.4) is 0 Å². The lowest BCUT2D eigenvalue weighted by molar-refractivity contribution is -0.114. The minimum Gasteiger partial charge on any atom is -0.301 e. The Balaban J connectivity index is 2.23. The number of carbonyl (C=O) groups excluding carboxylic acids is 1. The Morgan fingerprint density at radius 2 is 2.10 bits per heavy atom. The number of hydrogen-bond donors (Lipinski definition) is 2. The molecule has 0 saturated heterocycles. The number of carbonyl (C=O) groups is 1. The highest BCUT2D eigenvalue weighted by Crippen LogP contribution is 2.25. The average Bonchev–Trinajstić information content (AvgIpc) is 2.82. The molecule has 0 saturated carbocycles. The normalized spacial score (nSPS) is 11.2. The first-order valence-electron chi connectivity index (χ1n) is 5.37. The van der Waals surface area contributed by atoms with E-state index in [0.717, 1.165) is 6.07 Å². The van der Waals surface area contributed by atoms with Crippen LogP contribution in [0.5, 0.6) is 0 Å². The highest BCUT2D eigenvalue weighted by atomic mass is 79.9. The third kappa shape index (κ3) is 3.95. The van der Waals surface area contributed by atoms with E-state index >= 15 is 0 Å². The molecule has 21 heavy (non-hydrogen) atoms. The van der Waals surface area contributed by atoms with E-state index in [4.69, 9.17) is 0 Å². The van der Waals surface area contributed by atoms with Crippen LogP contribution >= 0.6 is 27.3 Å². The first-order valence-corrected chi connectivity index (χ1v) is 8.46. The summed E-state index contributed by atoms with van der Waals surface area (Å²) in [4.78, 5) is 10.9. The van der Waals surface area contributed by atoms with E-state index in [-0.39, 0.29) is 25.5 Å². The number of rotatable bonds is 4. The second kappa shape index (κ2) is 6.03. The molecule has 0 bridgehead atoms. The zero-order valence-corrected chi connectivity index (χ0v) is 13.6. The van der Waals surface area contributed by atoms with Gasteiger partial charge in [0.15, 0.2) is 0 Å². The number of amides is 1. The summed E-state index contributed by atoms with van der Waals surface area (Å²) in [5, 5.41) is 9.45. The number of aromatic nitrogens is 2. The van der Waals surface area contributed by atoms with Gasteiger partial charge in [-0.2, -0.15) is 8.42 Å². The SMILES string of the molecule is CC(=O)Nc1nnc(S(=O)(=O)Nc2ccc(F)c(Br)c2)s1. The molecule has 0 aliphatic carbocycles. The Labute approximate surface area is 131 Å². The van der Waals surface area contributed by atoms with Crippen molar-refractivity contribution in [1.29, 1.82) is 0 Å². The molecule has 1 heterocycles. The van der Waals surface area contributed by atoms with E-state index in [2.05, 4.69) is 36.2 Å². The van der Waals surface area contributed by atoms with Crippen LogP contribution in [0.1, 0.15) is 6.92 Å². The van der Waals surface area contributed by atoms with Gasteiger partial charge in [-0.25, -0.2) is 4.39 Å². The first kappa shape index (κ1) is 15.8. The van der Waals surface area contributed by atoms with Crippen LogP contribution in [-0.4, -0.2) is 24.5 Å². The molecule has 0 aliphatic rings. The smallest absolute Gasteiger partial charge is 0.291 e. The number of benzene rings is 1. The van der Waals surface area contributed by atoms with Crippen LogP contribution in [0.25, 0.3) is 0 Å². The molecule has 1 aromatic heterocycles. The van der Waals surface area contributed by atoms with Crippen molar-refractivity contribution in [2.75, 3.05) is 10.0 Å². The molecule has 1 amide bonds. The van der Waals surface area contributed by atoms with Crippen molar-refractivity contribution < 1.29 is 17.6 Å². The number of sulfonamides is 1. The van der Waals surface area contributed by atoms with Crippen LogP contribution in [0.4, 0.5) is 15.2 Å². The molecular formula is C10H8BrFN4O3S2. The van der Waals surface area contributed by atoms with Crippen molar-refractivity contribution >= 4 is 54.0 Å². The van der Waals surface area contributed by atoms with Gasteiger partial charge in [-0.1, -0.05) is 11.3 Å². The second-order valence-electron chi connectivity index (χ2n) is 3.79. The monoisotopic (exact) mass is 394 g/mol. The Bertz CT molecular complexity index is 793. The van der Waals surface area contributed by atoms with Crippen molar-refractivity contribution in [2.24, 2.45) is 0 Å². The van der Waals surface area contributed by atoms with Gasteiger partial charge >= 0.3 is 0 Å². The molecule has 0 spiro atoms. The molecule has 0 aliphatic heterocycles. The van der Waals surface area contributed by atoms with Crippen molar-refractivity contribution in [3.63, 3.8) is 0 Å². The van der Waals surface area contributed by atoms with Gasteiger partial charge in [0.1, 0.15) is 5.82 Å². The highest BCUT2D eigenvalue weighted by Gasteiger charge is 2.21. The standard InChI is InChI=1S/C10H8BrFN4O3S2/c1-5(17)13-9-14-15-10(20-9)21(18,19)16-6-2-3-8(12)7(11)4-6/h2-4,16H,1H3,(H,13,14,17). The van der Waals surface area contributed by atoms with Gasteiger partial charge in [0.05, 0.1) is 10.2 Å². The van der Waals surface area contributed by atoms with E-state index in [1.54, 1.807) is 0 Å². The van der Waals surface area contributed by atoms with E-state index in [0.29, 0.717) is 11.3 Å². The van der Waals surface area contributed by atoms with E-state index in [1.807, 2.05) is 0 Å². The summed E-state index contributed by atoms with van der Waals surface area (Å²) >= 11 is 3.66. The van der Waals surface area contributed by atoms with Crippen LogP contribution in [0.15, 0.2) is 27.0 Å². The summed E-state index contributed by atoms with van der Waals surface area (Å²) in [6.45, 7) is 1.27. The number of hydrogen-bond acceptors (Lipinski definition) is 6. The molecule has 2 aromatic rings.